The number of sulfone groups is 1. The molecule has 2 aromatic rings. The molecule has 1 saturated heterocycles. The fourth-order valence-corrected chi connectivity index (χ4v) is 4.89. The summed E-state index contributed by atoms with van der Waals surface area (Å²) in [7, 11) is -2.97. The van der Waals surface area contributed by atoms with Gasteiger partial charge in [0.1, 0.15) is 0 Å². The summed E-state index contributed by atoms with van der Waals surface area (Å²) < 4.78 is 25.2. The molecule has 1 aliphatic heterocycles. The summed E-state index contributed by atoms with van der Waals surface area (Å²) in [5.41, 5.74) is 3.51. The zero-order valence-corrected chi connectivity index (χ0v) is 15.2. The van der Waals surface area contributed by atoms with Crippen molar-refractivity contribution in [2.24, 2.45) is 0 Å². The Morgan fingerprint density at radius 2 is 2.04 bits per heavy atom. The molecule has 134 valence electrons. The second kappa shape index (κ2) is 6.95. The van der Waals surface area contributed by atoms with Crippen LogP contribution in [0.5, 0.6) is 0 Å². The van der Waals surface area contributed by atoms with Crippen LogP contribution in [0.15, 0.2) is 24.5 Å². The van der Waals surface area contributed by atoms with Gasteiger partial charge < -0.3 is 5.32 Å². The Morgan fingerprint density at radius 3 is 2.68 bits per heavy atom. The maximum atomic E-state index is 12.3. The van der Waals surface area contributed by atoms with E-state index in [1.165, 1.54) is 0 Å². The zero-order valence-electron chi connectivity index (χ0n) is 14.4. The number of aryl methyl sites for hydroxylation is 1. The third-order valence-corrected chi connectivity index (χ3v) is 6.36. The number of carbonyl (C=O) groups is 1. The van der Waals surface area contributed by atoms with E-state index in [0.717, 1.165) is 22.5 Å². The molecule has 3 rings (SSSR count). The maximum Gasteiger partial charge on any atom is 0.224 e. The molecule has 0 aromatic carbocycles. The summed E-state index contributed by atoms with van der Waals surface area (Å²) >= 11 is 0. The van der Waals surface area contributed by atoms with E-state index in [1.807, 2.05) is 26.0 Å². The van der Waals surface area contributed by atoms with Crippen molar-refractivity contribution in [2.45, 2.75) is 39.3 Å². The van der Waals surface area contributed by atoms with Gasteiger partial charge in [-0.25, -0.2) is 8.42 Å². The lowest BCUT2D eigenvalue weighted by Crippen LogP contribution is -2.25. The summed E-state index contributed by atoms with van der Waals surface area (Å²) in [6.45, 7) is 4.21. The summed E-state index contributed by atoms with van der Waals surface area (Å²) in [5.74, 6) is 0.252. The quantitative estimate of drug-likeness (QED) is 0.860. The van der Waals surface area contributed by atoms with Gasteiger partial charge >= 0.3 is 0 Å². The Bertz CT molecular complexity index is 875. The lowest BCUT2D eigenvalue weighted by molar-refractivity contribution is -0.120. The average Bonchev–Trinajstić information content (AvgIpc) is 3.07. The number of rotatable bonds is 5. The third-order valence-electron chi connectivity index (χ3n) is 4.61. The molecule has 0 spiro atoms. The Balaban J connectivity index is 1.67. The summed E-state index contributed by atoms with van der Waals surface area (Å²) in [6, 6.07) is 3.59. The van der Waals surface area contributed by atoms with Crippen LogP contribution in [-0.4, -0.2) is 40.6 Å². The minimum atomic E-state index is -2.97. The standard InChI is InChI=1S/C17H22N4O3S/c1-12-16(9-17(22)19-10-14-3-6-18-7-4-14)13(2)21(20-12)15-5-8-25(23,24)11-15/h3-4,6-7,15H,5,8-11H2,1-2H3,(H,19,22). The molecule has 7 nitrogen and oxygen atoms in total. The Morgan fingerprint density at radius 1 is 1.32 bits per heavy atom. The van der Waals surface area contributed by atoms with Crippen LogP contribution >= 0.6 is 0 Å². The van der Waals surface area contributed by atoms with Gasteiger partial charge in [-0.05, 0) is 38.0 Å². The molecule has 0 bridgehead atoms. The fraction of sp³-hybridized carbons (Fsp3) is 0.471. The van der Waals surface area contributed by atoms with Crippen molar-refractivity contribution in [2.75, 3.05) is 11.5 Å². The zero-order chi connectivity index (χ0) is 18.0. The monoisotopic (exact) mass is 362 g/mol. The molecule has 0 radical (unpaired) electrons. The van der Waals surface area contributed by atoms with E-state index in [9.17, 15) is 13.2 Å². The van der Waals surface area contributed by atoms with Crippen LogP contribution in [0.4, 0.5) is 0 Å². The van der Waals surface area contributed by atoms with Crippen LogP contribution in [-0.2, 0) is 27.6 Å². The minimum absolute atomic E-state index is 0.0818. The summed E-state index contributed by atoms with van der Waals surface area (Å²) in [4.78, 5) is 16.2. The summed E-state index contributed by atoms with van der Waals surface area (Å²) in [6.07, 6.45) is 4.20. The predicted octanol–water partition coefficient (Wildman–Crippen LogP) is 1.11. The molecule has 0 saturated carbocycles. The summed E-state index contributed by atoms with van der Waals surface area (Å²) in [5, 5.41) is 7.39. The molecule has 8 heteroatoms. The van der Waals surface area contributed by atoms with E-state index >= 15 is 0 Å². The van der Waals surface area contributed by atoms with Crippen molar-refractivity contribution >= 4 is 15.7 Å². The number of aromatic nitrogens is 3. The van der Waals surface area contributed by atoms with Gasteiger partial charge in [0.15, 0.2) is 9.84 Å². The molecule has 1 atom stereocenters. The molecule has 1 amide bonds. The Kier molecular flexibility index (Phi) is 4.89. The molecule has 25 heavy (non-hydrogen) atoms. The van der Waals surface area contributed by atoms with E-state index in [-0.39, 0.29) is 29.9 Å². The fourth-order valence-electron chi connectivity index (χ4n) is 3.20. The van der Waals surface area contributed by atoms with Gasteiger partial charge in [0, 0.05) is 30.2 Å². The molecule has 0 aliphatic carbocycles. The molecule has 3 heterocycles. The maximum absolute atomic E-state index is 12.3. The number of nitrogens with zero attached hydrogens (tertiary/aromatic N) is 3. The molecule has 1 fully saturated rings. The Labute approximate surface area is 147 Å². The number of hydrogen-bond acceptors (Lipinski definition) is 5. The molecule has 1 N–H and O–H groups in total. The van der Waals surface area contributed by atoms with Crippen molar-refractivity contribution < 1.29 is 13.2 Å². The van der Waals surface area contributed by atoms with Gasteiger partial charge in [-0.15, -0.1) is 0 Å². The lowest BCUT2D eigenvalue weighted by Gasteiger charge is -2.11. The van der Waals surface area contributed by atoms with E-state index in [0.29, 0.717) is 13.0 Å². The van der Waals surface area contributed by atoms with E-state index in [2.05, 4.69) is 15.4 Å². The van der Waals surface area contributed by atoms with Crippen LogP contribution in [0.1, 0.15) is 35.0 Å². The number of hydrogen-bond donors (Lipinski definition) is 1. The Hall–Kier alpha value is -2.22. The van der Waals surface area contributed by atoms with Gasteiger partial charge in [0.2, 0.25) is 5.91 Å². The van der Waals surface area contributed by atoms with Crippen molar-refractivity contribution in [1.82, 2.24) is 20.1 Å². The number of amides is 1. The molecular formula is C17H22N4O3S. The highest BCUT2D eigenvalue weighted by Gasteiger charge is 2.31. The van der Waals surface area contributed by atoms with Crippen molar-refractivity contribution in [3.05, 3.63) is 47.0 Å². The lowest BCUT2D eigenvalue weighted by atomic mass is 10.1. The number of carbonyl (C=O) groups excluding carboxylic acids is 1. The third kappa shape index (κ3) is 4.07. The van der Waals surface area contributed by atoms with Gasteiger partial charge in [-0.1, -0.05) is 0 Å². The number of pyridine rings is 1. The van der Waals surface area contributed by atoms with Crippen molar-refractivity contribution in [3.63, 3.8) is 0 Å². The highest BCUT2D eigenvalue weighted by atomic mass is 32.2. The highest BCUT2D eigenvalue weighted by molar-refractivity contribution is 7.91. The topological polar surface area (TPSA) is 94.0 Å². The first-order chi connectivity index (χ1) is 11.9. The van der Waals surface area contributed by atoms with Gasteiger partial charge in [-0.2, -0.15) is 5.10 Å². The second-order valence-corrected chi connectivity index (χ2v) is 8.69. The second-order valence-electron chi connectivity index (χ2n) is 6.46. The molecule has 1 aliphatic rings. The smallest absolute Gasteiger partial charge is 0.224 e. The normalized spacial score (nSPS) is 19.0. The van der Waals surface area contributed by atoms with E-state index in [1.54, 1.807) is 17.1 Å². The predicted molar refractivity (Wildman–Crippen MR) is 93.8 cm³/mol. The first-order valence-electron chi connectivity index (χ1n) is 8.26. The van der Waals surface area contributed by atoms with Crippen LogP contribution in [0.3, 0.4) is 0 Å². The van der Waals surface area contributed by atoms with Crippen LogP contribution in [0.2, 0.25) is 0 Å². The highest BCUT2D eigenvalue weighted by Crippen LogP contribution is 2.26. The van der Waals surface area contributed by atoms with Gasteiger partial charge in [0.25, 0.3) is 0 Å². The van der Waals surface area contributed by atoms with Gasteiger partial charge in [-0.3, -0.25) is 14.5 Å². The van der Waals surface area contributed by atoms with Crippen LogP contribution in [0, 0.1) is 13.8 Å². The molecule has 2 aromatic heterocycles. The number of nitrogens with one attached hydrogen (secondary N) is 1. The average molecular weight is 362 g/mol. The van der Waals surface area contributed by atoms with E-state index in [4.69, 9.17) is 0 Å². The molecular weight excluding hydrogens is 340 g/mol. The largest absolute Gasteiger partial charge is 0.352 e. The SMILES string of the molecule is Cc1nn(C2CCS(=O)(=O)C2)c(C)c1CC(=O)NCc1ccncc1. The van der Waals surface area contributed by atoms with Crippen LogP contribution < -0.4 is 5.32 Å². The van der Waals surface area contributed by atoms with E-state index < -0.39 is 9.84 Å². The molecule has 1 unspecified atom stereocenters. The first-order valence-corrected chi connectivity index (χ1v) is 10.1. The minimum Gasteiger partial charge on any atom is -0.352 e. The van der Waals surface area contributed by atoms with Crippen molar-refractivity contribution in [1.29, 1.82) is 0 Å². The van der Waals surface area contributed by atoms with Crippen molar-refractivity contribution in [3.8, 4) is 0 Å². The van der Waals surface area contributed by atoms with Crippen LogP contribution in [0.25, 0.3) is 0 Å². The first kappa shape index (κ1) is 17.6. The van der Waals surface area contributed by atoms with Gasteiger partial charge in [0.05, 0.1) is 29.7 Å².